The van der Waals surface area contributed by atoms with Gasteiger partial charge in [0.2, 0.25) is 0 Å². The molecule has 0 aliphatic heterocycles. The minimum atomic E-state index is -0.427. The van der Waals surface area contributed by atoms with Gasteiger partial charge in [0, 0.05) is 22.8 Å². The van der Waals surface area contributed by atoms with E-state index in [0.717, 1.165) is 11.1 Å². The molecule has 0 atom stereocenters. The highest BCUT2D eigenvalue weighted by Crippen LogP contribution is 2.25. The molecule has 0 saturated heterocycles. The van der Waals surface area contributed by atoms with Crippen LogP contribution in [0.5, 0.6) is 11.5 Å². The van der Waals surface area contributed by atoms with E-state index in [1.165, 1.54) is 0 Å². The van der Waals surface area contributed by atoms with Crippen LogP contribution in [0.25, 0.3) is 0 Å². The van der Waals surface area contributed by atoms with Crippen molar-refractivity contribution in [2.24, 2.45) is 5.10 Å². The summed E-state index contributed by atoms with van der Waals surface area (Å²) < 4.78 is 12.8. The van der Waals surface area contributed by atoms with Crippen LogP contribution in [0.4, 0.5) is 0 Å². The number of hydrogen-bond acceptors (Lipinski definition) is 5. The van der Waals surface area contributed by atoms with Crippen molar-refractivity contribution in [2.75, 3.05) is 14.2 Å². The average Bonchev–Trinajstić information content (AvgIpc) is 3.12. The predicted octanol–water partition coefficient (Wildman–Crippen LogP) is 4.52. The Labute approximate surface area is 187 Å². The third-order valence-electron chi connectivity index (χ3n) is 4.31. The average molecular weight is 492 g/mol. The fourth-order valence-corrected chi connectivity index (χ4v) is 3.38. The number of benzene rings is 2. The highest BCUT2D eigenvalue weighted by atomic mass is 79.9. The van der Waals surface area contributed by atoms with E-state index in [1.807, 2.05) is 30.3 Å². The Morgan fingerprint density at radius 1 is 1.20 bits per heavy atom. The first kappa shape index (κ1) is 21.9. The Bertz CT molecular complexity index is 1080. The van der Waals surface area contributed by atoms with Gasteiger partial charge in [-0.2, -0.15) is 10.2 Å². The van der Waals surface area contributed by atoms with Gasteiger partial charge in [-0.25, -0.2) is 5.43 Å². The van der Waals surface area contributed by atoms with Gasteiger partial charge in [-0.05, 0) is 52.7 Å². The largest absolute Gasteiger partial charge is 0.497 e. The van der Waals surface area contributed by atoms with Crippen molar-refractivity contribution < 1.29 is 14.3 Å². The molecule has 9 heteroatoms. The zero-order chi connectivity index (χ0) is 21.7. The molecule has 0 bridgehead atoms. The van der Waals surface area contributed by atoms with Gasteiger partial charge in [0.25, 0.3) is 5.91 Å². The number of ether oxygens (including phenoxy) is 2. The van der Waals surface area contributed by atoms with Crippen LogP contribution in [0.1, 0.15) is 28.5 Å². The summed E-state index contributed by atoms with van der Waals surface area (Å²) in [6, 6.07) is 12.8. The molecule has 0 fully saturated rings. The summed E-state index contributed by atoms with van der Waals surface area (Å²) in [7, 11) is 3.15. The topological polar surface area (TPSA) is 77.7 Å². The SMILES string of the molecule is COc1ccc(/C(C)=N\NC(=O)c2nn(Cc3ccc(Cl)cc3)cc2Br)c(OC)c1. The maximum Gasteiger partial charge on any atom is 0.293 e. The van der Waals surface area contributed by atoms with Crippen molar-refractivity contribution in [1.82, 2.24) is 15.2 Å². The number of methoxy groups -OCH3 is 2. The summed E-state index contributed by atoms with van der Waals surface area (Å²) in [5.41, 5.74) is 5.12. The van der Waals surface area contributed by atoms with Gasteiger partial charge in [0.05, 0.1) is 30.9 Å². The Hall–Kier alpha value is -2.84. The number of aromatic nitrogens is 2. The lowest BCUT2D eigenvalue weighted by molar-refractivity contribution is 0.0948. The Kier molecular flexibility index (Phi) is 7.12. The van der Waals surface area contributed by atoms with Gasteiger partial charge >= 0.3 is 0 Å². The summed E-state index contributed by atoms with van der Waals surface area (Å²) in [6.07, 6.45) is 1.74. The molecule has 1 N–H and O–H groups in total. The second kappa shape index (κ2) is 9.77. The standard InChI is InChI=1S/C21H20BrClN4O3/c1-13(17-9-8-16(29-2)10-19(17)30-3)24-25-21(28)20-18(22)12-27(26-20)11-14-4-6-15(23)7-5-14/h4-10,12H,11H2,1-3H3,(H,25,28)/b24-13-. The Balaban J connectivity index is 1.73. The second-order valence-corrected chi connectivity index (χ2v) is 7.64. The van der Waals surface area contributed by atoms with Crippen LogP contribution >= 0.6 is 27.5 Å². The summed E-state index contributed by atoms with van der Waals surface area (Å²) in [5, 5.41) is 9.21. The number of rotatable bonds is 7. The van der Waals surface area contributed by atoms with E-state index in [-0.39, 0.29) is 5.69 Å². The quantitative estimate of drug-likeness (QED) is 0.389. The van der Waals surface area contributed by atoms with Crippen LogP contribution in [-0.4, -0.2) is 35.6 Å². The monoisotopic (exact) mass is 490 g/mol. The maximum absolute atomic E-state index is 12.6. The molecule has 0 unspecified atom stereocenters. The smallest absolute Gasteiger partial charge is 0.293 e. The zero-order valence-corrected chi connectivity index (χ0v) is 19.0. The molecule has 3 aromatic rings. The number of amides is 1. The molecule has 0 spiro atoms. The van der Waals surface area contributed by atoms with Gasteiger partial charge in [-0.1, -0.05) is 23.7 Å². The lowest BCUT2D eigenvalue weighted by atomic mass is 10.1. The second-order valence-electron chi connectivity index (χ2n) is 6.35. The summed E-state index contributed by atoms with van der Waals surface area (Å²) in [6.45, 7) is 2.28. The maximum atomic E-state index is 12.6. The number of nitrogens with one attached hydrogen (secondary N) is 1. The van der Waals surface area contributed by atoms with Crippen molar-refractivity contribution in [3.8, 4) is 11.5 Å². The first-order valence-electron chi connectivity index (χ1n) is 8.95. The van der Waals surface area contributed by atoms with Crippen LogP contribution in [0.2, 0.25) is 5.02 Å². The fraction of sp³-hybridized carbons (Fsp3) is 0.190. The lowest BCUT2D eigenvalue weighted by Gasteiger charge is -2.10. The first-order valence-corrected chi connectivity index (χ1v) is 10.1. The van der Waals surface area contributed by atoms with Crippen LogP contribution < -0.4 is 14.9 Å². The van der Waals surface area contributed by atoms with Crippen LogP contribution in [0.3, 0.4) is 0 Å². The lowest BCUT2D eigenvalue weighted by Crippen LogP contribution is -2.21. The third kappa shape index (κ3) is 5.20. The molecule has 30 heavy (non-hydrogen) atoms. The van der Waals surface area contributed by atoms with Crippen LogP contribution in [-0.2, 0) is 6.54 Å². The summed E-state index contributed by atoms with van der Waals surface area (Å²) in [5.74, 6) is 0.837. The van der Waals surface area contributed by atoms with E-state index >= 15 is 0 Å². The van der Waals surface area contributed by atoms with Crippen LogP contribution in [0, 0.1) is 0 Å². The molecule has 3 rings (SSSR count). The molecule has 0 saturated carbocycles. The minimum absolute atomic E-state index is 0.238. The third-order valence-corrected chi connectivity index (χ3v) is 5.15. The highest BCUT2D eigenvalue weighted by Gasteiger charge is 2.16. The number of carbonyl (C=O) groups excluding carboxylic acids is 1. The summed E-state index contributed by atoms with van der Waals surface area (Å²) in [4.78, 5) is 12.6. The minimum Gasteiger partial charge on any atom is -0.497 e. The molecule has 1 aromatic heterocycles. The summed E-state index contributed by atoms with van der Waals surface area (Å²) >= 11 is 9.30. The molecule has 7 nitrogen and oxygen atoms in total. The number of hydrogen-bond donors (Lipinski definition) is 1. The number of nitrogens with zero attached hydrogens (tertiary/aromatic N) is 3. The normalized spacial score (nSPS) is 11.3. The van der Waals surface area contributed by atoms with Crippen molar-refractivity contribution in [2.45, 2.75) is 13.5 Å². The predicted molar refractivity (Wildman–Crippen MR) is 120 cm³/mol. The molecular formula is C21H20BrClN4O3. The molecule has 0 aliphatic carbocycles. The van der Waals surface area contributed by atoms with Gasteiger partial charge in [-0.15, -0.1) is 0 Å². The Morgan fingerprint density at radius 2 is 1.93 bits per heavy atom. The van der Waals surface area contributed by atoms with Crippen LogP contribution in [0.15, 0.2) is 58.2 Å². The molecular weight excluding hydrogens is 472 g/mol. The van der Waals surface area contributed by atoms with Crippen molar-refractivity contribution in [3.63, 3.8) is 0 Å². The fourth-order valence-electron chi connectivity index (χ4n) is 2.75. The number of halogens is 2. The van der Waals surface area contributed by atoms with Gasteiger partial charge < -0.3 is 9.47 Å². The van der Waals surface area contributed by atoms with Crippen molar-refractivity contribution >= 4 is 39.1 Å². The molecule has 2 aromatic carbocycles. The first-order chi connectivity index (χ1) is 14.4. The molecule has 156 valence electrons. The van der Waals surface area contributed by atoms with E-state index < -0.39 is 5.91 Å². The van der Waals surface area contributed by atoms with Crippen molar-refractivity contribution in [1.29, 1.82) is 0 Å². The number of carbonyl (C=O) groups is 1. The van der Waals surface area contributed by atoms with Crippen molar-refractivity contribution in [3.05, 3.63) is 75.0 Å². The van der Waals surface area contributed by atoms with E-state index in [1.54, 1.807) is 44.2 Å². The van der Waals surface area contributed by atoms with E-state index in [9.17, 15) is 4.79 Å². The molecule has 0 radical (unpaired) electrons. The van der Waals surface area contributed by atoms with E-state index in [0.29, 0.717) is 33.3 Å². The van der Waals surface area contributed by atoms with Gasteiger partial charge in [-0.3, -0.25) is 9.48 Å². The highest BCUT2D eigenvalue weighted by molar-refractivity contribution is 9.10. The zero-order valence-electron chi connectivity index (χ0n) is 16.6. The van der Waals surface area contributed by atoms with E-state index in [4.69, 9.17) is 21.1 Å². The molecule has 0 aliphatic rings. The van der Waals surface area contributed by atoms with Gasteiger partial charge in [0.1, 0.15) is 11.5 Å². The molecule has 1 heterocycles. The van der Waals surface area contributed by atoms with E-state index in [2.05, 4.69) is 31.6 Å². The number of hydrazone groups is 1. The Morgan fingerprint density at radius 3 is 2.60 bits per heavy atom. The van der Waals surface area contributed by atoms with Gasteiger partial charge in [0.15, 0.2) is 5.69 Å². The molecule has 1 amide bonds.